The summed E-state index contributed by atoms with van der Waals surface area (Å²) in [4.78, 5) is 2.48. The molecule has 0 radical (unpaired) electrons. The Morgan fingerprint density at radius 3 is 2.41 bits per heavy atom. The maximum atomic E-state index is 12.8. The van der Waals surface area contributed by atoms with Gasteiger partial charge in [0.1, 0.15) is 16.3 Å². The first-order valence-corrected chi connectivity index (χ1v) is 10.7. The highest BCUT2D eigenvalue weighted by Crippen LogP contribution is 2.27. The van der Waals surface area contributed by atoms with Crippen LogP contribution in [0.3, 0.4) is 0 Å². The van der Waals surface area contributed by atoms with E-state index in [2.05, 4.69) is 14.8 Å². The molecule has 1 aromatic heterocycles. The molecule has 148 valence electrons. The molecule has 1 N–H and O–H groups in total. The van der Waals surface area contributed by atoms with Crippen LogP contribution < -0.4 is 9.46 Å². The van der Waals surface area contributed by atoms with Crippen LogP contribution in [0.1, 0.15) is 42.3 Å². The second-order valence-electron chi connectivity index (χ2n) is 6.89. The summed E-state index contributed by atoms with van der Waals surface area (Å²) in [7, 11) is -2.06. The zero-order valence-corrected chi connectivity index (χ0v) is 16.9. The lowest BCUT2D eigenvalue weighted by Gasteiger charge is -2.35. The maximum Gasteiger partial charge on any atom is 0.246 e. The van der Waals surface area contributed by atoms with Crippen molar-refractivity contribution in [2.75, 3.05) is 26.7 Å². The van der Waals surface area contributed by atoms with Gasteiger partial charge >= 0.3 is 0 Å². The number of aromatic nitrogens is 1. The maximum absolute atomic E-state index is 12.8. The number of likely N-dealkylation sites (tertiary alicyclic amines) is 1. The van der Waals surface area contributed by atoms with Gasteiger partial charge in [0.05, 0.1) is 7.11 Å². The van der Waals surface area contributed by atoms with Crippen molar-refractivity contribution in [1.82, 2.24) is 14.8 Å². The Morgan fingerprint density at radius 2 is 1.85 bits per heavy atom. The van der Waals surface area contributed by atoms with Crippen LogP contribution in [0.5, 0.6) is 5.75 Å². The van der Waals surface area contributed by atoms with Gasteiger partial charge in [-0.1, -0.05) is 23.7 Å². The van der Waals surface area contributed by atoms with Crippen molar-refractivity contribution >= 4 is 10.0 Å². The van der Waals surface area contributed by atoms with Crippen LogP contribution in [0.25, 0.3) is 0 Å². The highest BCUT2D eigenvalue weighted by Gasteiger charge is 2.28. The molecule has 2 aromatic rings. The number of hydrogen-bond donors (Lipinski definition) is 1. The van der Waals surface area contributed by atoms with Gasteiger partial charge in [0.2, 0.25) is 10.0 Å². The summed E-state index contributed by atoms with van der Waals surface area (Å²) in [6, 6.07) is 7.79. The first kappa shape index (κ1) is 19.9. The molecule has 0 aliphatic carbocycles. The van der Waals surface area contributed by atoms with Crippen molar-refractivity contribution in [3.05, 3.63) is 41.3 Å². The third-order valence-electron chi connectivity index (χ3n) is 5.04. The largest absolute Gasteiger partial charge is 0.497 e. The van der Waals surface area contributed by atoms with E-state index in [0.717, 1.165) is 37.2 Å². The Kier molecular flexibility index (Phi) is 6.18. The van der Waals surface area contributed by atoms with Crippen LogP contribution in [0.15, 0.2) is 33.7 Å². The average Bonchev–Trinajstić information content (AvgIpc) is 3.02. The first-order chi connectivity index (χ1) is 12.9. The summed E-state index contributed by atoms with van der Waals surface area (Å²) in [6.45, 7) is 5.46. The fourth-order valence-electron chi connectivity index (χ4n) is 3.63. The van der Waals surface area contributed by atoms with E-state index < -0.39 is 10.0 Å². The van der Waals surface area contributed by atoms with E-state index in [1.54, 1.807) is 21.0 Å². The molecule has 8 heteroatoms. The lowest BCUT2D eigenvalue weighted by molar-refractivity contribution is 0.164. The van der Waals surface area contributed by atoms with Gasteiger partial charge in [-0.2, -0.15) is 0 Å². The number of benzene rings is 1. The monoisotopic (exact) mass is 393 g/mol. The molecule has 1 aliphatic heterocycles. The van der Waals surface area contributed by atoms with Crippen molar-refractivity contribution in [2.45, 2.75) is 44.0 Å². The molecule has 2 heterocycles. The molecule has 1 saturated heterocycles. The minimum atomic E-state index is -3.69. The molecule has 0 bridgehead atoms. The Bertz CT molecular complexity index is 836. The summed E-state index contributed by atoms with van der Waals surface area (Å²) >= 11 is 0. The lowest BCUT2D eigenvalue weighted by atomic mass is 10.0. The van der Waals surface area contributed by atoms with Crippen molar-refractivity contribution in [2.24, 2.45) is 0 Å². The van der Waals surface area contributed by atoms with E-state index in [1.165, 1.54) is 6.42 Å². The fourth-order valence-corrected chi connectivity index (χ4v) is 5.00. The summed E-state index contributed by atoms with van der Waals surface area (Å²) in [5.74, 6) is 1.09. The summed E-state index contributed by atoms with van der Waals surface area (Å²) in [6.07, 6.45) is 3.48. The van der Waals surface area contributed by atoms with Crippen molar-refractivity contribution < 1.29 is 17.7 Å². The molecule has 1 aromatic carbocycles. The number of rotatable bonds is 7. The topological polar surface area (TPSA) is 84.7 Å². The molecule has 7 nitrogen and oxygen atoms in total. The molecular weight excluding hydrogens is 366 g/mol. The van der Waals surface area contributed by atoms with Crippen LogP contribution in [0, 0.1) is 13.8 Å². The third kappa shape index (κ3) is 4.51. The first-order valence-electron chi connectivity index (χ1n) is 9.23. The number of nitrogens with one attached hydrogen (secondary N) is 1. The zero-order valence-electron chi connectivity index (χ0n) is 16.1. The van der Waals surface area contributed by atoms with Crippen LogP contribution >= 0.6 is 0 Å². The highest BCUT2D eigenvalue weighted by atomic mass is 32.2. The van der Waals surface area contributed by atoms with E-state index in [4.69, 9.17) is 9.26 Å². The predicted octanol–water partition coefficient (Wildman–Crippen LogP) is 2.81. The van der Waals surface area contributed by atoms with Crippen molar-refractivity contribution in [1.29, 1.82) is 0 Å². The van der Waals surface area contributed by atoms with E-state index in [-0.39, 0.29) is 10.9 Å². The fraction of sp³-hybridized carbons (Fsp3) is 0.526. The van der Waals surface area contributed by atoms with E-state index in [0.29, 0.717) is 18.0 Å². The van der Waals surface area contributed by atoms with Crippen LogP contribution in [0.4, 0.5) is 0 Å². The number of aryl methyl sites for hydroxylation is 2. The Balaban J connectivity index is 1.82. The molecule has 3 rings (SSSR count). The molecular formula is C19H27N3O4S. The molecule has 27 heavy (non-hydrogen) atoms. The molecule has 1 fully saturated rings. The van der Waals surface area contributed by atoms with Crippen LogP contribution in [-0.2, 0) is 10.0 Å². The summed E-state index contributed by atoms with van der Waals surface area (Å²) in [5.41, 5.74) is 1.44. The quantitative estimate of drug-likeness (QED) is 0.779. The summed E-state index contributed by atoms with van der Waals surface area (Å²) < 4.78 is 38.6. The van der Waals surface area contributed by atoms with E-state index >= 15 is 0 Å². The summed E-state index contributed by atoms with van der Waals surface area (Å²) in [5, 5.41) is 3.76. The van der Waals surface area contributed by atoms with Crippen molar-refractivity contribution in [3.63, 3.8) is 0 Å². The molecule has 0 spiro atoms. The van der Waals surface area contributed by atoms with Gasteiger partial charge < -0.3 is 9.26 Å². The van der Waals surface area contributed by atoms with Crippen molar-refractivity contribution in [3.8, 4) is 5.75 Å². The zero-order chi connectivity index (χ0) is 19.4. The highest BCUT2D eigenvalue weighted by molar-refractivity contribution is 7.89. The van der Waals surface area contributed by atoms with Gasteiger partial charge in [0.15, 0.2) is 5.76 Å². The number of nitrogens with zero attached hydrogens (tertiary/aromatic N) is 2. The third-order valence-corrected chi connectivity index (χ3v) is 6.70. The van der Waals surface area contributed by atoms with Gasteiger partial charge in [0, 0.05) is 12.6 Å². The normalized spacial score (nSPS) is 17.0. The Labute approximate surface area is 160 Å². The molecule has 1 aliphatic rings. The van der Waals surface area contributed by atoms with Gasteiger partial charge in [-0.15, -0.1) is 0 Å². The molecule has 0 amide bonds. The second-order valence-corrected chi connectivity index (χ2v) is 8.59. The number of sulfonamides is 1. The van der Waals surface area contributed by atoms with Crippen LogP contribution in [-0.4, -0.2) is 45.2 Å². The van der Waals surface area contributed by atoms with Crippen LogP contribution in [0.2, 0.25) is 0 Å². The minimum absolute atomic E-state index is 0.0357. The SMILES string of the molecule is COc1ccc(C(CNS(=O)(=O)c2c(C)noc2C)N2CCCCC2)cc1. The minimum Gasteiger partial charge on any atom is -0.497 e. The van der Waals surface area contributed by atoms with Gasteiger partial charge in [0.25, 0.3) is 0 Å². The number of ether oxygens (including phenoxy) is 1. The Hall–Kier alpha value is -1.90. The number of hydrogen-bond acceptors (Lipinski definition) is 6. The van der Waals surface area contributed by atoms with E-state index in [9.17, 15) is 8.42 Å². The standard InChI is InChI=1S/C19H27N3O4S/c1-14-19(15(2)26-21-14)27(23,24)20-13-18(22-11-5-4-6-12-22)16-7-9-17(25-3)10-8-16/h7-10,18,20H,4-6,11-13H2,1-3H3. The van der Waals surface area contributed by atoms with Gasteiger partial charge in [-0.25, -0.2) is 13.1 Å². The lowest BCUT2D eigenvalue weighted by Crippen LogP contribution is -2.40. The molecule has 1 unspecified atom stereocenters. The van der Waals surface area contributed by atoms with E-state index in [1.807, 2.05) is 24.3 Å². The van der Waals surface area contributed by atoms with Gasteiger partial charge in [-0.3, -0.25) is 4.90 Å². The molecule has 0 saturated carbocycles. The number of piperidine rings is 1. The smallest absolute Gasteiger partial charge is 0.246 e. The second kappa shape index (κ2) is 8.41. The number of methoxy groups -OCH3 is 1. The predicted molar refractivity (Wildman–Crippen MR) is 102 cm³/mol. The average molecular weight is 394 g/mol. The Morgan fingerprint density at radius 1 is 1.19 bits per heavy atom. The van der Waals surface area contributed by atoms with Gasteiger partial charge in [-0.05, 0) is 57.5 Å². The molecule has 1 atom stereocenters.